The van der Waals surface area contributed by atoms with E-state index in [2.05, 4.69) is 26.1 Å². The molecule has 0 aliphatic carbocycles. The number of benzene rings is 1. The Kier molecular flexibility index (Phi) is 6.10. The number of hydrogen-bond acceptors (Lipinski definition) is 3. The number of methoxy groups -OCH3 is 1. The Morgan fingerprint density at radius 1 is 1.46 bits per heavy atom. The molecule has 1 fully saturated rings. The van der Waals surface area contributed by atoms with Gasteiger partial charge < -0.3 is 19.7 Å². The van der Waals surface area contributed by atoms with Crippen molar-refractivity contribution < 1.29 is 14.3 Å². The maximum absolute atomic E-state index is 12.7. The van der Waals surface area contributed by atoms with Crippen LogP contribution in [-0.2, 0) is 4.74 Å². The molecule has 1 aliphatic rings. The Morgan fingerprint density at radius 2 is 2.21 bits per heavy atom. The molecule has 24 heavy (non-hydrogen) atoms. The minimum Gasteiger partial charge on any atom is -0.497 e. The van der Waals surface area contributed by atoms with E-state index in [0.29, 0.717) is 5.92 Å². The van der Waals surface area contributed by atoms with E-state index in [1.807, 2.05) is 31.3 Å². The van der Waals surface area contributed by atoms with Crippen LogP contribution in [0.15, 0.2) is 24.3 Å². The van der Waals surface area contributed by atoms with Crippen molar-refractivity contribution in [1.29, 1.82) is 0 Å². The molecule has 2 rings (SSSR count). The molecule has 1 heterocycles. The summed E-state index contributed by atoms with van der Waals surface area (Å²) in [6.07, 6.45) is 1.02. The van der Waals surface area contributed by atoms with Crippen molar-refractivity contribution in [3.05, 3.63) is 29.8 Å². The Labute approximate surface area is 145 Å². The fourth-order valence-electron chi connectivity index (χ4n) is 3.05. The van der Waals surface area contributed by atoms with Crippen LogP contribution in [0.3, 0.4) is 0 Å². The van der Waals surface area contributed by atoms with E-state index in [1.165, 1.54) is 0 Å². The van der Waals surface area contributed by atoms with Gasteiger partial charge in [0.25, 0.3) is 0 Å². The van der Waals surface area contributed by atoms with Gasteiger partial charge in [-0.2, -0.15) is 0 Å². The second-order valence-electron chi connectivity index (χ2n) is 7.64. The molecule has 0 aromatic heterocycles. The first kappa shape index (κ1) is 18.6. The van der Waals surface area contributed by atoms with Crippen LogP contribution >= 0.6 is 0 Å². The van der Waals surface area contributed by atoms with Gasteiger partial charge in [0.05, 0.1) is 19.8 Å². The lowest BCUT2D eigenvalue weighted by Gasteiger charge is -2.34. The largest absolute Gasteiger partial charge is 0.497 e. The number of nitrogens with one attached hydrogen (secondary N) is 1. The van der Waals surface area contributed by atoms with E-state index in [-0.39, 0.29) is 17.5 Å². The molecule has 0 saturated carbocycles. The van der Waals surface area contributed by atoms with E-state index in [4.69, 9.17) is 9.47 Å². The van der Waals surface area contributed by atoms with E-state index in [0.717, 1.165) is 37.5 Å². The topological polar surface area (TPSA) is 50.8 Å². The molecule has 5 nitrogen and oxygen atoms in total. The van der Waals surface area contributed by atoms with E-state index < -0.39 is 0 Å². The Hall–Kier alpha value is -1.75. The first-order valence-corrected chi connectivity index (χ1v) is 8.54. The van der Waals surface area contributed by atoms with E-state index >= 15 is 0 Å². The molecule has 1 N–H and O–H groups in total. The van der Waals surface area contributed by atoms with Crippen LogP contribution in [0.25, 0.3) is 0 Å². The Balaban J connectivity index is 2.09. The van der Waals surface area contributed by atoms with Crippen LogP contribution in [0.5, 0.6) is 5.75 Å². The van der Waals surface area contributed by atoms with Crippen LogP contribution < -0.4 is 10.1 Å². The molecule has 1 aromatic rings. The number of rotatable bonds is 5. The summed E-state index contributed by atoms with van der Waals surface area (Å²) in [5.74, 6) is 1.23. The fourth-order valence-corrected chi connectivity index (χ4v) is 3.05. The lowest BCUT2D eigenvalue weighted by molar-refractivity contribution is 0.165. The van der Waals surface area contributed by atoms with Crippen LogP contribution in [-0.4, -0.2) is 44.8 Å². The molecular weight excluding hydrogens is 304 g/mol. The molecule has 2 amide bonds. The highest BCUT2D eigenvalue weighted by atomic mass is 16.5. The molecule has 0 bridgehead atoms. The van der Waals surface area contributed by atoms with Gasteiger partial charge in [0.1, 0.15) is 5.75 Å². The fraction of sp³-hybridized carbons (Fsp3) is 0.632. The number of urea groups is 1. The SMILES string of the molecule is COc1cccc([C@@H](NC(=O)N(C)C[C@H]2CCOC2)C(C)(C)C)c1. The summed E-state index contributed by atoms with van der Waals surface area (Å²) in [6, 6.07) is 7.74. The normalized spacial score (nSPS) is 19.0. The number of hydrogen-bond donors (Lipinski definition) is 1. The predicted molar refractivity (Wildman–Crippen MR) is 95.3 cm³/mol. The second kappa shape index (κ2) is 7.88. The average molecular weight is 334 g/mol. The molecule has 5 heteroatoms. The van der Waals surface area contributed by atoms with Crippen molar-refractivity contribution in [3.8, 4) is 5.75 Å². The van der Waals surface area contributed by atoms with Gasteiger partial charge >= 0.3 is 6.03 Å². The lowest BCUT2D eigenvalue weighted by Crippen LogP contribution is -2.45. The minimum atomic E-state index is -0.112. The molecule has 2 atom stereocenters. The van der Waals surface area contributed by atoms with Gasteiger partial charge in [-0.05, 0) is 29.5 Å². The summed E-state index contributed by atoms with van der Waals surface area (Å²) < 4.78 is 10.7. The average Bonchev–Trinajstić information content (AvgIpc) is 3.04. The van der Waals surface area contributed by atoms with E-state index in [1.54, 1.807) is 12.0 Å². The monoisotopic (exact) mass is 334 g/mol. The zero-order valence-electron chi connectivity index (χ0n) is 15.5. The maximum Gasteiger partial charge on any atom is 0.317 e. The Morgan fingerprint density at radius 3 is 2.79 bits per heavy atom. The molecule has 1 saturated heterocycles. The van der Waals surface area contributed by atoms with Crippen molar-refractivity contribution in [2.75, 3.05) is 33.9 Å². The third kappa shape index (κ3) is 4.87. The van der Waals surface area contributed by atoms with Crippen molar-refractivity contribution in [1.82, 2.24) is 10.2 Å². The van der Waals surface area contributed by atoms with Gasteiger partial charge in [-0.3, -0.25) is 0 Å². The summed E-state index contributed by atoms with van der Waals surface area (Å²) in [6.45, 7) is 8.65. The number of carbonyl (C=O) groups is 1. The highest BCUT2D eigenvalue weighted by Crippen LogP contribution is 2.34. The molecule has 134 valence electrons. The molecule has 0 spiro atoms. The summed E-state index contributed by atoms with van der Waals surface area (Å²) >= 11 is 0. The van der Waals surface area contributed by atoms with Crippen LogP contribution in [0.2, 0.25) is 0 Å². The van der Waals surface area contributed by atoms with Crippen molar-refractivity contribution in [2.24, 2.45) is 11.3 Å². The lowest BCUT2D eigenvalue weighted by atomic mass is 9.82. The van der Waals surface area contributed by atoms with Gasteiger partial charge in [-0.1, -0.05) is 32.9 Å². The summed E-state index contributed by atoms with van der Waals surface area (Å²) in [4.78, 5) is 14.4. The maximum atomic E-state index is 12.7. The number of amides is 2. The smallest absolute Gasteiger partial charge is 0.317 e. The molecule has 1 aliphatic heterocycles. The van der Waals surface area contributed by atoms with Crippen LogP contribution in [0.1, 0.15) is 38.8 Å². The van der Waals surface area contributed by atoms with Gasteiger partial charge in [-0.25, -0.2) is 4.79 Å². The zero-order valence-corrected chi connectivity index (χ0v) is 15.5. The minimum absolute atomic E-state index is 0.0513. The van der Waals surface area contributed by atoms with Gasteiger partial charge in [0.15, 0.2) is 0 Å². The van der Waals surface area contributed by atoms with Crippen molar-refractivity contribution in [2.45, 2.75) is 33.2 Å². The Bertz CT molecular complexity index is 548. The molecule has 0 radical (unpaired) electrons. The van der Waals surface area contributed by atoms with Crippen LogP contribution in [0.4, 0.5) is 4.79 Å². The molecule has 1 aromatic carbocycles. The third-order valence-corrected chi connectivity index (χ3v) is 4.46. The first-order chi connectivity index (χ1) is 11.3. The number of ether oxygens (including phenoxy) is 2. The van der Waals surface area contributed by atoms with Gasteiger partial charge in [0, 0.05) is 26.1 Å². The highest BCUT2D eigenvalue weighted by molar-refractivity contribution is 5.74. The quantitative estimate of drug-likeness (QED) is 0.897. The highest BCUT2D eigenvalue weighted by Gasteiger charge is 2.30. The van der Waals surface area contributed by atoms with Crippen molar-refractivity contribution in [3.63, 3.8) is 0 Å². The summed E-state index contributed by atoms with van der Waals surface area (Å²) in [5, 5.41) is 3.19. The number of nitrogens with zero attached hydrogens (tertiary/aromatic N) is 1. The standard InChI is InChI=1S/C19H30N2O3/c1-19(2,3)17(15-7-6-8-16(11-15)23-5)20-18(22)21(4)12-14-9-10-24-13-14/h6-8,11,14,17H,9-10,12-13H2,1-5H3,(H,20,22)/t14-,17-/m1/s1. The molecular formula is C19H30N2O3. The van der Waals surface area contributed by atoms with Crippen molar-refractivity contribution >= 4 is 6.03 Å². The second-order valence-corrected chi connectivity index (χ2v) is 7.64. The van der Waals surface area contributed by atoms with E-state index in [9.17, 15) is 4.79 Å². The predicted octanol–water partition coefficient (Wildman–Crippen LogP) is 3.46. The van der Waals surface area contributed by atoms with Crippen LogP contribution in [0, 0.1) is 11.3 Å². The third-order valence-electron chi connectivity index (χ3n) is 4.46. The van der Waals surface area contributed by atoms with Gasteiger partial charge in [0.2, 0.25) is 0 Å². The molecule has 0 unspecified atom stereocenters. The first-order valence-electron chi connectivity index (χ1n) is 8.54. The summed E-state index contributed by atoms with van der Waals surface area (Å²) in [7, 11) is 3.50. The number of carbonyl (C=O) groups excluding carboxylic acids is 1. The summed E-state index contributed by atoms with van der Waals surface area (Å²) in [5.41, 5.74) is 0.937. The zero-order chi connectivity index (χ0) is 17.7. The van der Waals surface area contributed by atoms with Gasteiger partial charge in [-0.15, -0.1) is 0 Å².